The predicted molar refractivity (Wildman–Crippen MR) is 150 cm³/mol. The molecule has 1 aliphatic heterocycles. The van der Waals surface area contributed by atoms with Crippen LogP contribution < -0.4 is 20.3 Å². The van der Waals surface area contributed by atoms with Crippen molar-refractivity contribution in [1.82, 2.24) is 15.5 Å². The van der Waals surface area contributed by atoms with Crippen LogP contribution in [0.4, 0.5) is 27.6 Å². The summed E-state index contributed by atoms with van der Waals surface area (Å²) in [6.45, 7) is 6.51. The molecule has 1 aromatic rings. The van der Waals surface area contributed by atoms with Crippen molar-refractivity contribution in [2.75, 3.05) is 24.5 Å². The van der Waals surface area contributed by atoms with E-state index < -0.39 is 47.1 Å². The largest absolute Gasteiger partial charge is 0.476 e. The monoisotopic (exact) mass is 616 g/mol. The van der Waals surface area contributed by atoms with Crippen LogP contribution in [0.5, 0.6) is 5.75 Å². The second-order valence-corrected chi connectivity index (χ2v) is 12.5. The van der Waals surface area contributed by atoms with Crippen molar-refractivity contribution in [1.29, 1.82) is 0 Å². The molecule has 1 heterocycles. The van der Waals surface area contributed by atoms with Gasteiger partial charge in [0.05, 0.1) is 16.8 Å². The summed E-state index contributed by atoms with van der Waals surface area (Å²) in [6, 6.07) is 1.73. The van der Waals surface area contributed by atoms with E-state index in [1.807, 2.05) is 5.32 Å². The topological polar surface area (TPSA) is 91.0 Å². The minimum absolute atomic E-state index is 0.0949. The molecule has 2 N–H and O–H groups in total. The summed E-state index contributed by atoms with van der Waals surface area (Å²) in [4.78, 5) is 41.2. The van der Waals surface area contributed by atoms with Crippen LogP contribution in [0.25, 0.3) is 0 Å². The number of hydrogen-bond donors (Lipinski definition) is 2. The molecule has 4 rings (SSSR count). The molecule has 43 heavy (non-hydrogen) atoms. The number of amides is 3. The van der Waals surface area contributed by atoms with Gasteiger partial charge in [0.15, 0.2) is 5.60 Å². The molecule has 2 fully saturated rings. The summed E-state index contributed by atoms with van der Waals surface area (Å²) in [5, 5.41) is 5.51. The van der Waals surface area contributed by atoms with Gasteiger partial charge in [-0.2, -0.15) is 22.0 Å². The zero-order valence-corrected chi connectivity index (χ0v) is 25.0. The van der Waals surface area contributed by atoms with Crippen molar-refractivity contribution in [2.45, 2.75) is 109 Å². The fraction of sp³-hybridized carbons (Fsp3) is 0.700. The normalized spacial score (nSPS) is 21.9. The van der Waals surface area contributed by atoms with Crippen molar-refractivity contribution >= 4 is 23.4 Å². The van der Waals surface area contributed by atoms with Crippen LogP contribution in [0, 0.1) is 5.92 Å². The molecule has 0 unspecified atom stereocenters. The van der Waals surface area contributed by atoms with Gasteiger partial charge in [0, 0.05) is 31.2 Å². The van der Waals surface area contributed by atoms with Crippen molar-refractivity contribution in [3.05, 3.63) is 23.3 Å². The summed E-state index contributed by atoms with van der Waals surface area (Å²) < 4.78 is 74.2. The summed E-state index contributed by atoms with van der Waals surface area (Å²) in [5.41, 5.74) is -3.47. The smallest absolute Gasteiger partial charge is 0.417 e. The molecule has 0 saturated heterocycles. The van der Waals surface area contributed by atoms with Crippen LogP contribution in [0.2, 0.25) is 0 Å². The molecule has 0 aromatic heterocycles. The van der Waals surface area contributed by atoms with Crippen LogP contribution in [0.3, 0.4) is 0 Å². The van der Waals surface area contributed by atoms with Crippen LogP contribution in [0.15, 0.2) is 12.1 Å². The number of benzene rings is 1. The van der Waals surface area contributed by atoms with Gasteiger partial charge in [0.1, 0.15) is 5.75 Å². The number of halogens is 5. The Balaban J connectivity index is 1.61. The number of rotatable bonds is 11. The fourth-order valence-corrected chi connectivity index (χ4v) is 6.07. The number of anilines is 1. The maximum absolute atomic E-state index is 14.4. The quantitative estimate of drug-likeness (QED) is 0.336. The Labute approximate surface area is 248 Å². The van der Waals surface area contributed by atoms with Crippen molar-refractivity contribution in [2.24, 2.45) is 5.92 Å². The zero-order valence-electron chi connectivity index (χ0n) is 25.0. The van der Waals surface area contributed by atoms with E-state index in [0.29, 0.717) is 24.8 Å². The van der Waals surface area contributed by atoms with Crippen molar-refractivity contribution in [3.63, 3.8) is 0 Å². The highest BCUT2D eigenvalue weighted by atomic mass is 19.4. The Hall–Kier alpha value is -2.96. The lowest BCUT2D eigenvalue weighted by atomic mass is 9.82. The Morgan fingerprint density at radius 2 is 1.72 bits per heavy atom. The second kappa shape index (κ2) is 13.0. The standard InChI is InChI=1S/C30H41F5N4O4/c1-17(2)39(20-9-5-18(6-10-20)11-12-36-19-7-8-19)27(41)21-15-23-24(16-22(21)30(33,34)35)43-29(3,4)28(42)38(23)14-13-37-26(40)25(31)32/h15-20,25,36H,5-14H2,1-4H3,(H,37,40). The van der Waals surface area contributed by atoms with Crippen molar-refractivity contribution < 1.29 is 41.1 Å². The van der Waals surface area contributed by atoms with E-state index in [2.05, 4.69) is 5.32 Å². The van der Waals surface area contributed by atoms with Crippen LogP contribution in [0.1, 0.15) is 88.6 Å². The molecule has 8 nitrogen and oxygen atoms in total. The number of nitrogens with one attached hydrogen (secondary N) is 2. The van der Waals surface area contributed by atoms with E-state index in [0.717, 1.165) is 42.8 Å². The van der Waals surface area contributed by atoms with Crippen LogP contribution >= 0.6 is 0 Å². The first-order valence-corrected chi connectivity index (χ1v) is 15.0. The first-order chi connectivity index (χ1) is 20.1. The Bertz CT molecular complexity index is 1190. The molecule has 0 bridgehead atoms. The Morgan fingerprint density at radius 3 is 2.28 bits per heavy atom. The molecule has 13 heteroatoms. The first kappa shape index (κ1) is 32.9. The maximum atomic E-state index is 14.4. The minimum atomic E-state index is -4.90. The molecule has 0 spiro atoms. The Kier molecular flexibility index (Phi) is 9.92. The van der Waals surface area contributed by atoms with E-state index in [9.17, 15) is 36.3 Å². The third-order valence-corrected chi connectivity index (χ3v) is 8.45. The fourth-order valence-electron chi connectivity index (χ4n) is 6.07. The molecule has 1 aromatic carbocycles. The lowest BCUT2D eigenvalue weighted by Gasteiger charge is -2.41. The van der Waals surface area contributed by atoms with Gasteiger partial charge >= 0.3 is 12.6 Å². The van der Waals surface area contributed by atoms with E-state index in [1.165, 1.54) is 31.6 Å². The summed E-state index contributed by atoms with van der Waals surface area (Å²) in [6.07, 6.45) is -1.61. The number of alkyl halides is 5. The minimum Gasteiger partial charge on any atom is -0.476 e. The number of fused-ring (bicyclic) bond motifs is 1. The lowest BCUT2D eigenvalue weighted by Crippen LogP contribution is -2.54. The number of carbonyl (C=O) groups excluding carboxylic acids is 3. The zero-order chi connectivity index (χ0) is 31.7. The lowest BCUT2D eigenvalue weighted by molar-refractivity contribution is -0.138. The molecule has 0 radical (unpaired) electrons. The molecule has 0 atom stereocenters. The van der Waals surface area contributed by atoms with E-state index in [4.69, 9.17) is 4.74 Å². The van der Waals surface area contributed by atoms with Gasteiger partial charge in [-0.05, 0) is 97.2 Å². The average molecular weight is 617 g/mol. The molecular formula is C30H41F5N4O4. The van der Waals surface area contributed by atoms with Gasteiger partial charge in [-0.1, -0.05) is 0 Å². The van der Waals surface area contributed by atoms with Gasteiger partial charge in [-0.3, -0.25) is 14.4 Å². The number of ether oxygens (including phenoxy) is 1. The maximum Gasteiger partial charge on any atom is 0.417 e. The van der Waals surface area contributed by atoms with E-state index in [-0.39, 0.29) is 36.6 Å². The van der Waals surface area contributed by atoms with Gasteiger partial charge in [-0.25, -0.2) is 0 Å². The van der Waals surface area contributed by atoms with Gasteiger partial charge in [-0.15, -0.1) is 0 Å². The number of hydrogen-bond acceptors (Lipinski definition) is 5. The third-order valence-electron chi connectivity index (χ3n) is 8.45. The number of nitrogens with zero attached hydrogens (tertiary/aromatic N) is 2. The highest BCUT2D eigenvalue weighted by Crippen LogP contribution is 2.44. The van der Waals surface area contributed by atoms with Crippen molar-refractivity contribution in [3.8, 4) is 5.75 Å². The summed E-state index contributed by atoms with van der Waals surface area (Å²) in [5.74, 6) is -2.77. The van der Waals surface area contributed by atoms with E-state index in [1.54, 1.807) is 13.8 Å². The predicted octanol–water partition coefficient (Wildman–Crippen LogP) is 5.14. The Morgan fingerprint density at radius 1 is 1.07 bits per heavy atom. The SMILES string of the molecule is CC(C)N(C(=O)c1cc2c(cc1C(F)(F)F)OC(C)(C)C(=O)N2CCNC(=O)C(F)F)C1CCC(CCNC2CC2)CC1. The summed E-state index contributed by atoms with van der Waals surface area (Å²) in [7, 11) is 0. The van der Waals surface area contributed by atoms with Crippen LogP contribution in [-0.4, -0.2) is 72.4 Å². The molecule has 3 aliphatic rings. The highest BCUT2D eigenvalue weighted by molar-refractivity contribution is 6.05. The van der Waals surface area contributed by atoms with E-state index >= 15 is 0 Å². The molecular weight excluding hydrogens is 575 g/mol. The molecule has 240 valence electrons. The van der Waals surface area contributed by atoms with Gasteiger partial charge in [0.2, 0.25) is 0 Å². The second-order valence-electron chi connectivity index (χ2n) is 12.5. The molecule has 2 aliphatic carbocycles. The average Bonchev–Trinajstić information content (AvgIpc) is 3.74. The van der Waals surface area contributed by atoms with Crippen LogP contribution in [-0.2, 0) is 15.8 Å². The third kappa shape index (κ3) is 7.77. The first-order valence-electron chi connectivity index (χ1n) is 15.0. The highest BCUT2D eigenvalue weighted by Gasteiger charge is 2.45. The summed E-state index contributed by atoms with van der Waals surface area (Å²) >= 11 is 0. The van der Waals surface area contributed by atoms with Gasteiger partial charge < -0.3 is 25.2 Å². The molecule has 2 saturated carbocycles. The van der Waals surface area contributed by atoms with Gasteiger partial charge in [0.25, 0.3) is 17.7 Å². The number of carbonyl (C=O) groups is 3. The molecule has 3 amide bonds.